The van der Waals surface area contributed by atoms with Crippen LogP contribution in [-0.2, 0) is 9.59 Å². The number of rotatable bonds is 4. The lowest BCUT2D eigenvalue weighted by molar-refractivity contribution is -0.384. The van der Waals surface area contributed by atoms with Gasteiger partial charge in [-0.3, -0.25) is 19.7 Å². The Hall–Kier alpha value is -3.55. The van der Waals surface area contributed by atoms with Gasteiger partial charge in [0.2, 0.25) is 0 Å². The zero-order valence-corrected chi connectivity index (χ0v) is 13.6. The number of carbonyl (C=O) groups is 2. The highest BCUT2D eigenvalue weighted by Gasteiger charge is 2.14. The van der Waals surface area contributed by atoms with Gasteiger partial charge in [-0.2, -0.15) is 5.10 Å². The number of amides is 2. The number of benzene rings is 2. The molecule has 0 saturated heterocycles. The van der Waals surface area contributed by atoms with E-state index in [4.69, 9.17) is 0 Å². The van der Waals surface area contributed by atoms with Crippen molar-refractivity contribution in [3.05, 3.63) is 69.3 Å². The Labute approximate surface area is 143 Å². The molecule has 0 unspecified atom stereocenters. The lowest BCUT2D eigenvalue weighted by Gasteiger charge is -2.08. The molecule has 2 aromatic rings. The maximum Gasteiger partial charge on any atom is 0.329 e. The molecule has 0 spiro atoms. The van der Waals surface area contributed by atoms with Crippen LogP contribution in [0, 0.1) is 24.0 Å². The standard InChI is InChI=1S/C17H16N4O4/c1-11-3-4-12(2)15(9-11)19-16(22)17(23)20-18-10-13-5-7-14(8-6-13)21(24)25/h3-10H,1-2H3,(H,19,22)(H,20,23)/b18-10-. The smallest absolute Gasteiger partial charge is 0.317 e. The molecule has 0 heterocycles. The first kappa shape index (κ1) is 17.8. The van der Waals surface area contributed by atoms with E-state index in [1.807, 2.05) is 26.0 Å². The van der Waals surface area contributed by atoms with Crippen LogP contribution in [0.3, 0.4) is 0 Å². The number of aryl methyl sites for hydroxylation is 2. The van der Waals surface area contributed by atoms with Gasteiger partial charge in [-0.1, -0.05) is 12.1 Å². The molecule has 2 amide bonds. The van der Waals surface area contributed by atoms with Gasteiger partial charge in [0.1, 0.15) is 0 Å². The first-order chi connectivity index (χ1) is 11.9. The highest BCUT2D eigenvalue weighted by atomic mass is 16.6. The first-order valence-corrected chi connectivity index (χ1v) is 7.33. The molecule has 0 aliphatic heterocycles. The minimum atomic E-state index is -0.918. The number of carbonyl (C=O) groups excluding carboxylic acids is 2. The Balaban J connectivity index is 1.93. The highest BCUT2D eigenvalue weighted by molar-refractivity contribution is 6.39. The number of hydrogen-bond donors (Lipinski definition) is 2. The molecule has 2 rings (SSSR count). The first-order valence-electron chi connectivity index (χ1n) is 7.33. The predicted molar refractivity (Wildman–Crippen MR) is 93.4 cm³/mol. The molecule has 2 aromatic carbocycles. The van der Waals surface area contributed by atoms with Crippen molar-refractivity contribution in [3.63, 3.8) is 0 Å². The molecular weight excluding hydrogens is 324 g/mol. The number of nitrogens with zero attached hydrogens (tertiary/aromatic N) is 2. The van der Waals surface area contributed by atoms with Gasteiger partial charge in [-0.25, -0.2) is 5.43 Å². The van der Waals surface area contributed by atoms with E-state index in [1.54, 1.807) is 6.07 Å². The molecule has 0 fully saturated rings. The number of anilines is 1. The summed E-state index contributed by atoms with van der Waals surface area (Å²) in [6.07, 6.45) is 1.28. The number of nitro benzene ring substituents is 1. The summed E-state index contributed by atoms with van der Waals surface area (Å²) in [4.78, 5) is 33.7. The summed E-state index contributed by atoms with van der Waals surface area (Å²) >= 11 is 0. The molecule has 0 bridgehead atoms. The van der Waals surface area contributed by atoms with E-state index < -0.39 is 16.7 Å². The Kier molecular flexibility index (Phi) is 5.57. The van der Waals surface area contributed by atoms with Crippen LogP contribution in [0.1, 0.15) is 16.7 Å². The fourth-order valence-electron chi connectivity index (χ4n) is 1.95. The molecule has 8 nitrogen and oxygen atoms in total. The Morgan fingerprint density at radius 2 is 1.76 bits per heavy atom. The van der Waals surface area contributed by atoms with Crippen molar-refractivity contribution in [1.29, 1.82) is 0 Å². The summed E-state index contributed by atoms with van der Waals surface area (Å²) in [6.45, 7) is 3.70. The predicted octanol–water partition coefficient (Wildman–Crippen LogP) is 2.30. The molecule has 0 radical (unpaired) electrons. The van der Waals surface area contributed by atoms with E-state index in [1.165, 1.54) is 30.5 Å². The number of hydrazone groups is 1. The van der Waals surface area contributed by atoms with Gasteiger partial charge in [-0.15, -0.1) is 0 Å². The number of nitrogens with one attached hydrogen (secondary N) is 2. The Bertz CT molecular complexity index is 844. The van der Waals surface area contributed by atoms with Crippen LogP contribution in [0.5, 0.6) is 0 Å². The average molecular weight is 340 g/mol. The number of non-ortho nitro benzene ring substituents is 1. The van der Waals surface area contributed by atoms with Crippen molar-refractivity contribution in [2.45, 2.75) is 13.8 Å². The zero-order chi connectivity index (χ0) is 18.4. The van der Waals surface area contributed by atoms with E-state index in [0.29, 0.717) is 11.3 Å². The molecular formula is C17H16N4O4. The molecule has 2 N–H and O–H groups in total. The lowest BCUT2D eigenvalue weighted by Crippen LogP contribution is -2.32. The summed E-state index contributed by atoms with van der Waals surface area (Å²) in [5, 5.41) is 16.7. The third kappa shape index (κ3) is 4.96. The molecule has 25 heavy (non-hydrogen) atoms. The summed E-state index contributed by atoms with van der Waals surface area (Å²) in [7, 11) is 0. The minimum absolute atomic E-state index is 0.0471. The van der Waals surface area contributed by atoms with Gasteiger partial charge in [0, 0.05) is 17.8 Å². The van der Waals surface area contributed by atoms with Gasteiger partial charge in [0.25, 0.3) is 5.69 Å². The highest BCUT2D eigenvalue weighted by Crippen LogP contribution is 2.16. The summed E-state index contributed by atoms with van der Waals surface area (Å²) in [6, 6.07) is 11.1. The Morgan fingerprint density at radius 1 is 1.08 bits per heavy atom. The Morgan fingerprint density at radius 3 is 2.40 bits per heavy atom. The fourth-order valence-corrected chi connectivity index (χ4v) is 1.95. The summed E-state index contributed by atoms with van der Waals surface area (Å²) in [5.74, 6) is -1.76. The van der Waals surface area contributed by atoms with E-state index in [-0.39, 0.29) is 5.69 Å². The second kappa shape index (κ2) is 7.82. The van der Waals surface area contributed by atoms with Crippen LogP contribution >= 0.6 is 0 Å². The van der Waals surface area contributed by atoms with Crippen LogP contribution in [0.25, 0.3) is 0 Å². The topological polar surface area (TPSA) is 114 Å². The maximum absolute atomic E-state index is 11.9. The maximum atomic E-state index is 11.9. The van der Waals surface area contributed by atoms with Crippen LogP contribution in [0.15, 0.2) is 47.6 Å². The molecule has 128 valence electrons. The average Bonchev–Trinajstić information content (AvgIpc) is 2.58. The lowest BCUT2D eigenvalue weighted by atomic mass is 10.1. The van der Waals surface area contributed by atoms with E-state index in [2.05, 4.69) is 15.8 Å². The van der Waals surface area contributed by atoms with Gasteiger partial charge < -0.3 is 5.32 Å². The van der Waals surface area contributed by atoms with Crippen LogP contribution < -0.4 is 10.7 Å². The van der Waals surface area contributed by atoms with E-state index in [0.717, 1.165) is 11.1 Å². The van der Waals surface area contributed by atoms with Crippen LogP contribution in [-0.4, -0.2) is 23.0 Å². The van der Waals surface area contributed by atoms with Crippen LogP contribution in [0.4, 0.5) is 11.4 Å². The number of hydrogen-bond acceptors (Lipinski definition) is 5. The van der Waals surface area contributed by atoms with Crippen molar-refractivity contribution in [2.75, 3.05) is 5.32 Å². The second-order valence-electron chi connectivity index (χ2n) is 5.32. The van der Waals surface area contributed by atoms with Crippen LogP contribution in [0.2, 0.25) is 0 Å². The normalized spacial score (nSPS) is 10.5. The van der Waals surface area contributed by atoms with Gasteiger partial charge in [0.05, 0.1) is 11.1 Å². The molecule has 8 heteroatoms. The molecule has 0 aliphatic rings. The fraction of sp³-hybridized carbons (Fsp3) is 0.118. The van der Waals surface area contributed by atoms with Gasteiger partial charge >= 0.3 is 11.8 Å². The molecule has 0 aromatic heterocycles. The van der Waals surface area contributed by atoms with E-state index >= 15 is 0 Å². The third-order valence-electron chi connectivity index (χ3n) is 3.33. The van der Waals surface area contributed by atoms with Crippen molar-refractivity contribution in [1.82, 2.24) is 5.43 Å². The third-order valence-corrected chi connectivity index (χ3v) is 3.33. The van der Waals surface area contributed by atoms with E-state index in [9.17, 15) is 19.7 Å². The second-order valence-corrected chi connectivity index (χ2v) is 5.32. The van der Waals surface area contributed by atoms with Crippen molar-refractivity contribution < 1.29 is 14.5 Å². The van der Waals surface area contributed by atoms with Crippen molar-refractivity contribution in [2.24, 2.45) is 5.10 Å². The summed E-state index contributed by atoms with van der Waals surface area (Å²) in [5.41, 5.74) is 4.95. The van der Waals surface area contributed by atoms with Gasteiger partial charge in [0.15, 0.2) is 0 Å². The monoisotopic (exact) mass is 340 g/mol. The summed E-state index contributed by atoms with van der Waals surface area (Å²) < 4.78 is 0. The van der Waals surface area contributed by atoms with Crippen molar-refractivity contribution in [3.8, 4) is 0 Å². The minimum Gasteiger partial charge on any atom is -0.317 e. The van der Waals surface area contributed by atoms with Crippen molar-refractivity contribution >= 4 is 29.4 Å². The van der Waals surface area contributed by atoms with Gasteiger partial charge in [-0.05, 0) is 48.7 Å². The quantitative estimate of drug-likeness (QED) is 0.385. The molecule has 0 saturated carbocycles. The molecule has 0 atom stereocenters. The zero-order valence-electron chi connectivity index (χ0n) is 13.6. The largest absolute Gasteiger partial charge is 0.329 e. The SMILES string of the molecule is Cc1ccc(C)c(NC(=O)C(=O)N/N=C\c2ccc([N+](=O)[O-])cc2)c1. The molecule has 0 aliphatic carbocycles. The number of nitro groups is 1.